The van der Waals surface area contributed by atoms with Crippen molar-refractivity contribution >= 4 is 11.6 Å². The van der Waals surface area contributed by atoms with Crippen LogP contribution in [0.5, 0.6) is 0 Å². The molecule has 4 heterocycles. The lowest BCUT2D eigenvalue weighted by molar-refractivity contribution is -0.134. The third kappa shape index (κ3) is 1.61. The van der Waals surface area contributed by atoms with Crippen molar-refractivity contribution in [1.82, 2.24) is 4.90 Å². The van der Waals surface area contributed by atoms with Crippen LogP contribution in [-0.2, 0) is 10.2 Å². The molecule has 3 heteroatoms. The van der Waals surface area contributed by atoms with Gasteiger partial charge in [0.25, 0.3) is 0 Å². The van der Waals surface area contributed by atoms with Crippen LogP contribution >= 0.6 is 0 Å². The number of hydrogen-bond donors (Lipinski definition) is 1. The molecule has 1 amide bonds. The second-order valence-corrected chi connectivity index (χ2v) is 6.99. The molecule has 3 fully saturated rings. The van der Waals surface area contributed by atoms with E-state index >= 15 is 0 Å². The quantitative estimate of drug-likeness (QED) is 0.876. The van der Waals surface area contributed by atoms with E-state index in [2.05, 4.69) is 52.7 Å². The van der Waals surface area contributed by atoms with Gasteiger partial charge in [-0.1, -0.05) is 48.5 Å². The van der Waals surface area contributed by atoms with E-state index in [1.54, 1.807) is 0 Å². The lowest BCUT2D eigenvalue weighted by Crippen LogP contribution is -2.61. The van der Waals surface area contributed by atoms with Gasteiger partial charge < -0.3 is 5.32 Å². The van der Waals surface area contributed by atoms with Gasteiger partial charge in [-0.05, 0) is 49.0 Å². The number of carbonyl (C=O) groups excluding carboxylic acids is 1. The Hall–Kier alpha value is -2.13. The first-order valence-corrected chi connectivity index (χ1v) is 8.52. The second kappa shape index (κ2) is 4.68. The molecule has 23 heavy (non-hydrogen) atoms. The normalized spacial score (nSPS) is 34.4. The maximum atomic E-state index is 13.2. The molecule has 1 N–H and O–H groups in total. The van der Waals surface area contributed by atoms with Gasteiger partial charge in [0.15, 0.2) is 0 Å². The van der Waals surface area contributed by atoms with Gasteiger partial charge in [0, 0.05) is 5.69 Å². The van der Waals surface area contributed by atoms with Crippen molar-refractivity contribution in [3.05, 3.63) is 65.7 Å². The van der Waals surface area contributed by atoms with E-state index in [9.17, 15) is 4.79 Å². The maximum absolute atomic E-state index is 13.2. The number of hydrogen-bond acceptors (Lipinski definition) is 2. The molecule has 116 valence electrons. The zero-order valence-electron chi connectivity index (χ0n) is 13.0. The van der Waals surface area contributed by atoms with E-state index in [-0.39, 0.29) is 11.9 Å². The van der Waals surface area contributed by atoms with E-state index in [1.165, 1.54) is 11.1 Å². The third-order valence-corrected chi connectivity index (χ3v) is 6.08. The molecule has 0 aromatic heterocycles. The fraction of sp³-hybridized carbons (Fsp3) is 0.350. The van der Waals surface area contributed by atoms with Crippen LogP contribution in [0.15, 0.2) is 54.6 Å². The van der Waals surface area contributed by atoms with E-state index in [4.69, 9.17) is 0 Å². The molecule has 4 aliphatic heterocycles. The number of piperidine rings is 3. The first-order chi connectivity index (χ1) is 11.3. The molecule has 0 aliphatic carbocycles. The minimum atomic E-state index is -0.422. The first-order valence-electron chi connectivity index (χ1n) is 8.52. The van der Waals surface area contributed by atoms with E-state index in [1.807, 2.05) is 12.1 Å². The summed E-state index contributed by atoms with van der Waals surface area (Å²) in [6.07, 6.45) is 2.23. The number of carbonyl (C=O) groups is 1. The van der Waals surface area contributed by atoms with E-state index < -0.39 is 5.41 Å². The summed E-state index contributed by atoms with van der Waals surface area (Å²) >= 11 is 0. The van der Waals surface area contributed by atoms with Crippen LogP contribution in [0.25, 0.3) is 0 Å². The summed E-state index contributed by atoms with van der Waals surface area (Å²) in [5.41, 5.74) is 3.05. The summed E-state index contributed by atoms with van der Waals surface area (Å²) in [6.45, 7) is 2.20. The molecule has 0 radical (unpaired) electrons. The topological polar surface area (TPSA) is 32.3 Å². The summed E-state index contributed by atoms with van der Waals surface area (Å²) in [5.74, 6) is 0.628. The van der Waals surface area contributed by atoms with Gasteiger partial charge in [0.1, 0.15) is 0 Å². The Morgan fingerprint density at radius 1 is 0.957 bits per heavy atom. The number of rotatable bonds is 1. The molecule has 4 aliphatic rings. The number of nitrogens with one attached hydrogen (secondary N) is 1. The largest absolute Gasteiger partial charge is 0.325 e. The fourth-order valence-electron chi connectivity index (χ4n) is 5.21. The van der Waals surface area contributed by atoms with Crippen LogP contribution in [-0.4, -0.2) is 23.9 Å². The first kappa shape index (κ1) is 13.3. The van der Waals surface area contributed by atoms with Crippen LogP contribution < -0.4 is 5.32 Å². The van der Waals surface area contributed by atoms with E-state index in [0.717, 1.165) is 31.6 Å². The van der Waals surface area contributed by atoms with Crippen LogP contribution in [0.3, 0.4) is 0 Å². The van der Waals surface area contributed by atoms with Crippen LogP contribution in [0.4, 0.5) is 5.69 Å². The van der Waals surface area contributed by atoms with Gasteiger partial charge in [-0.25, -0.2) is 0 Å². The molecule has 3 saturated heterocycles. The van der Waals surface area contributed by atoms with Crippen molar-refractivity contribution < 1.29 is 4.79 Å². The minimum Gasteiger partial charge on any atom is -0.325 e. The van der Waals surface area contributed by atoms with Gasteiger partial charge in [0.2, 0.25) is 5.91 Å². The Morgan fingerprint density at radius 3 is 2.43 bits per heavy atom. The highest BCUT2D eigenvalue weighted by Crippen LogP contribution is 2.59. The van der Waals surface area contributed by atoms with Crippen LogP contribution in [0.1, 0.15) is 30.0 Å². The molecule has 3 nitrogen and oxygen atoms in total. The van der Waals surface area contributed by atoms with E-state index in [0.29, 0.717) is 5.92 Å². The Labute approximate surface area is 136 Å². The summed E-state index contributed by atoms with van der Waals surface area (Å²) in [7, 11) is 0. The van der Waals surface area contributed by atoms with Gasteiger partial charge in [-0.2, -0.15) is 0 Å². The van der Waals surface area contributed by atoms with Crippen molar-refractivity contribution in [2.45, 2.75) is 24.3 Å². The second-order valence-electron chi connectivity index (χ2n) is 6.99. The summed E-state index contributed by atoms with van der Waals surface area (Å²) in [6, 6.07) is 19.0. The molecule has 0 saturated carbocycles. The summed E-state index contributed by atoms with van der Waals surface area (Å²) < 4.78 is 0. The van der Waals surface area contributed by atoms with Crippen molar-refractivity contribution in [2.75, 3.05) is 18.4 Å². The zero-order valence-corrected chi connectivity index (χ0v) is 13.0. The maximum Gasteiger partial charge on any atom is 0.237 e. The number of fused-ring (bicyclic) bond motifs is 3. The van der Waals surface area contributed by atoms with Crippen molar-refractivity contribution in [2.24, 2.45) is 5.92 Å². The number of amides is 1. The fourth-order valence-corrected chi connectivity index (χ4v) is 5.21. The molecule has 2 atom stereocenters. The summed E-state index contributed by atoms with van der Waals surface area (Å²) in [5, 5.41) is 3.18. The highest BCUT2D eigenvalue weighted by atomic mass is 16.2. The Balaban J connectivity index is 1.77. The number of para-hydroxylation sites is 1. The van der Waals surface area contributed by atoms with Crippen molar-refractivity contribution in [3.8, 4) is 0 Å². The molecule has 2 aromatic rings. The number of benzene rings is 2. The monoisotopic (exact) mass is 304 g/mol. The molecule has 1 spiro atoms. The predicted molar refractivity (Wildman–Crippen MR) is 90.2 cm³/mol. The number of anilines is 1. The van der Waals surface area contributed by atoms with Crippen molar-refractivity contribution in [3.63, 3.8) is 0 Å². The lowest BCUT2D eigenvalue weighted by Gasteiger charge is -2.56. The van der Waals surface area contributed by atoms with Gasteiger partial charge in [0.05, 0.1) is 11.5 Å². The van der Waals surface area contributed by atoms with Gasteiger partial charge in [-0.15, -0.1) is 0 Å². The predicted octanol–water partition coefficient (Wildman–Crippen LogP) is 3.34. The SMILES string of the molecule is O=C1Nc2ccccc2[C@@]12C1CCN(CC1)[C@@H]2c1ccccc1. The molecule has 2 aromatic carbocycles. The molecular formula is C20H20N2O. The average molecular weight is 304 g/mol. The standard InChI is InChI=1S/C20H20N2O/c23-19-20(16-8-4-5-9-17(16)21-19)15-10-12-22(13-11-15)18(20)14-6-2-1-3-7-14/h1-9,15,18H,10-13H2,(H,21,23)/t18-,20-/m1/s1. The minimum absolute atomic E-state index is 0.153. The van der Waals surface area contributed by atoms with Crippen molar-refractivity contribution in [1.29, 1.82) is 0 Å². The van der Waals surface area contributed by atoms with Gasteiger partial charge in [-0.3, -0.25) is 9.69 Å². The van der Waals surface area contributed by atoms with Crippen LogP contribution in [0.2, 0.25) is 0 Å². The molecule has 6 rings (SSSR count). The molecule has 2 bridgehead atoms. The van der Waals surface area contributed by atoms with Gasteiger partial charge >= 0.3 is 0 Å². The Morgan fingerprint density at radius 2 is 1.65 bits per heavy atom. The highest BCUT2D eigenvalue weighted by Gasteiger charge is 2.62. The van der Waals surface area contributed by atoms with Crippen LogP contribution in [0, 0.1) is 5.92 Å². The molecule has 0 unspecified atom stereocenters. The Kier molecular flexibility index (Phi) is 2.71. The lowest BCUT2D eigenvalue weighted by atomic mass is 9.57. The highest BCUT2D eigenvalue weighted by molar-refractivity contribution is 6.07. The average Bonchev–Trinajstić information content (AvgIpc) is 2.90. The Bertz CT molecular complexity index is 764. The third-order valence-electron chi connectivity index (χ3n) is 6.08. The molecular weight excluding hydrogens is 284 g/mol. The zero-order chi connectivity index (χ0) is 15.4. The summed E-state index contributed by atoms with van der Waals surface area (Å²) in [4.78, 5) is 15.8. The number of nitrogens with zero attached hydrogens (tertiary/aromatic N) is 1. The smallest absolute Gasteiger partial charge is 0.237 e.